The highest BCUT2D eigenvalue weighted by atomic mass is 127. The summed E-state index contributed by atoms with van der Waals surface area (Å²) < 4.78 is 13.7. The lowest BCUT2D eigenvalue weighted by Gasteiger charge is -2.09. The zero-order valence-electron chi connectivity index (χ0n) is 10.3. The molecule has 20 heavy (non-hydrogen) atoms. The van der Waals surface area contributed by atoms with Gasteiger partial charge in [-0.15, -0.1) is 0 Å². The lowest BCUT2D eigenvalue weighted by molar-refractivity contribution is -0.114. The third-order valence-electron chi connectivity index (χ3n) is 2.48. The Morgan fingerprint density at radius 1 is 1.25 bits per heavy atom. The maximum Gasteiger partial charge on any atom is 0.243 e. The van der Waals surface area contributed by atoms with Crippen LogP contribution < -0.4 is 10.6 Å². The Labute approximate surface area is 134 Å². The van der Waals surface area contributed by atoms with E-state index >= 15 is 0 Å². The molecule has 0 heterocycles. The highest BCUT2D eigenvalue weighted by Gasteiger charge is 2.05. The minimum atomic E-state index is -0.302. The maximum atomic E-state index is 12.9. The highest BCUT2D eigenvalue weighted by molar-refractivity contribution is 14.1. The van der Waals surface area contributed by atoms with Gasteiger partial charge in [0.05, 0.1) is 6.54 Å². The molecule has 0 bridgehead atoms. The van der Waals surface area contributed by atoms with Crippen LogP contribution >= 0.6 is 34.2 Å². The second-order valence-corrected chi connectivity index (χ2v) is 5.63. The predicted molar refractivity (Wildman–Crippen MR) is 87.7 cm³/mol. The molecule has 0 radical (unpaired) electrons. The van der Waals surface area contributed by atoms with Gasteiger partial charge < -0.3 is 10.6 Å². The molecule has 1 amide bonds. The molecule has 3 nitrogen and oxygen atoms in total. The standard InChI is InChI=1S/C14H11ClFIN2O/c15-9-2-1-3-11(6-9)19-14(20)8-18-13-5-4-10(16)7-12(13)17/h1-7,18H,8H2,(H,19,20). The van der Waals surface area contributed by atoms with Gasteiger partial charge in [-0.3, -0.25) is 4.79 Å². The van der Waals surface area contributed by atoms with E-state index in [0.29, 0.717) is 16.4 Å². The van der Waals surface area contributed by atoms with E-state index in [1.54, 1.807) is 30.3 Å². The molecule has 0 aliphatic rings. The van der Waals surface area contributed by atoms with E-state index in [1.165, 1.54) is 12.1 Å². The van der Waals surface area contributed by atoms with Crippen LogP contribution in [0.5, 0.6) is 0 Å². The average Bonchev–Trinajstić information content (AvgIpc) is 2.37. The lowest BCUT2D eigenvalue weighted by atomic mass is 10.3. The first kappa shape index (κ1) is 15.1. The third-order valence-corrected chi connectivity index (χ3v) is 3.61. The van der Waals surface area contributed by atoms with E-state index in [4.69, 9.17) is 11.6 Å². The molecule has 104 valence electrons. The van der Waals surface area contributed by atoms with E-state index in [1.807, 2.05) is 22.6 Å². The minimum absolute atomic E-state index is 0.0914. The van der Waals surface area contributed by atoms with Crippen molar-refractivity contribution in [1.29, 1.82) is 0 Å². The molecular formula is C14H11ClFIN2O. The van der Waals surface area contributed by atoms with Crippen LogP contribution in [0.1, 0.15) is 0 Å². The van der Waals surface area contributed by atoms with Crippen LogP contribution in [0.25, 0.3) is 0 Å². The van der Waals surface area contributed by atoms with E-state index in [9.17, 15) is 9.18 Å². The molecule has 0 aromatic heterocycles. The number of carbonyl (C=O) groups excluding carboxylic acids is 1. The summed E-state index contributed by atoms with van der Waals surface area (Å²) in [7, 11) is 0. The zero-order chi connectivity index (χ0) is 14.5. The summed E-state index contributed by atoms with van der Waals surface area (Å²) in [5, 5.41) is 6.24. The number of nitrogens with one attached hydrogen (secondary N) is 2. The summed E-state index contributed by atoms with van der Waals surface area (Å²) in [6, 6.07) is 11.3. The summed E-state index contributed by atoms with van der Waals surface area (Å²) in [5.74, 6) is -0.504. The lowest BCUT2D eigenvalue weighted by Crippen LogP contribution is -2.22. The Morgan fingerprint density at radius 3 is 2.75 bits per heavy atom. The van der Waals surface area contributed by atoms with Gasteiger partial charge in [0.1, 0.15) is 5.82 Å². The quantitative estimate of drug-likeness (QED) is 0.752. The van der Waals surface area contributed by atoms with Crippen molar-refractivity contribution in [3.05, 3.63) is 56.9 Å². The molecule has 0 spiro atoms. The first-order chi connectivity index (χ1) is 9.54. The largest absolute Gasteiger partial charge is 0.375 e. The summed E-state index contributed by atoms with van der Waals surface area (Å²) >= 11 is 7.84. The fourth-order valence-corrected chi connectivity index (χ4v) is 2.44. The molecule has 0 atom stereocenters. The Bertz CT molecular complexity index is 636. The summed E-state index contributed by atoms with van der Waals surface area (Å²) in [4.78, 5) is 11.8. The number of anilines is 2. The van der Waals surface area contributed by atoms with Crippen molar-refractivity contribution in [2.24, 2.45) is 0 Å². The van der Waals surface area contributed by atoms with Gasteiger partial charge >= 0.3 is 0 Å². The van der Waals surface area contributed by atoms with Gasteiger partial charge in [0.25, 0.3) is 0 Å². The van der Waals surface area contributed by atoms with Crippen molar-refractivity contribution in [3.8, 4) is 0 Å². The van der Waals surface area contributed by atoms with Crippen LogP contribution in [0.3, 0.4) is 0 Å². The smallest absolute Gasteiger partial charge is 0.243 e. The van der Waals surface area contributed by atoms with E-state index in [0.717, 1.165) is 3.57 Å². The SMILES string of the molecule is O=C(CNc1ccc(F)cc1I)Nc1cccc(Cl)c1. The van der Waals surface area contributed by atoms with Crippen LogP contribution in [0, 0.1) is 9.39 Å². The number of halogens is 3. The second-order valence-electron chi connectivity index (χ2n) is 4.04. The van der Waals surface area contributed by atoms with E-state index in [-0.39, 0.29) is 18.3 Å². The molecule has 0 saturated carbocycles. The van der Waals surface area contributed by atoms with E-state index < -0.39 is 0 Å². The Hall–Kier alpha value is -1.34. The number of amides is 1. The first-order valence-corrected chi connectivity index (χ1v) is 7.24. The average molecular weight is 405 g/mol. The van der Waals surface area contributed by atoms with Crippen molar-refractivity contribution < 1.29 is 9.18 Å². The summed E-state index contributed by atoms with van der Waals surface area (Å²) in [5.41, 5.74) is 1.35. The minimum Gasteiger partial charge on any atom is -0.375 e. The van der Waals surface area contributed by atoms with Crippen molar-refractivity contribution in [3.63, 3.8) is 0 Å². The molecule has 0 saturated heterocycles. The third kappa shape index (κ3) is 4.35. The number of hydrogen-bond donors (Lipinski definition) is 2. The van der Waals surface area contributed by atoms with Crippen molar-refractivity contribution >= 4 is 51.5 Å². The number of carbonyl (C=O) groups is 1. The normalized spacial score (nSPS) is 10.2. The van der Waals surface area contributed by atoms with Crippen molar-refractivity contribution in [2.75, 3.05) is 17.2 Å². The first-order valence-electron chi connectivity index (χ1n) is 5.79. The van der Waals surface area contributed by atoms with Crippen molar-refractivity contribution in [2.45, 2.75) is 0 Å². The van der Waals surface area contributed by atoms with Gasteiger partial charge in [-0.25, -0.2) is 4.39 Å². The molecule has 0 aliphatic carbocycles. The molecule has 0 aliphatic heterocycles. The highest BCUT2D eigenvalue weighted by Crippen LogP contribution is 2.19. The van der Waals surface area contributed by atoms with Gasteiger partial charge in [-0.05, 0) is 59.0 Å². The molecule has 2 aromatic carbocycles. The Morgan fingerprint density at radius 2 is 2.05 bits per heavy atom. The fourth-order valence-electron chi connectivity index (χ4n) is 1.58. The van der Waals surface area contributed by atoms with Gasteiger partial charge in [-0.1, -0.05) is 17.7 Å². The van der Waals surface area contributed by atoms with Gasteiger partial charge in [0.15, 0.2) is 0 Å². The number of rotatable bonds is 4. The van der Waals surface area contributed by atoms with Gasteiger partial charge in [-0.2, -0.15) is 0 Å². The molecular weight excluding hydrogens is 394 g/mol. The topological polar surface area (TPSA) is 41.1 Å². The molecule has 0 unspecified atom stereocenters. The fraction of sp³-hybridized carbons (Fsp3) is 0.0714. The number of benzene rings is 2. The molecule has 2 rings (SSSR count). The molecule has 0 fully saturated rings. The molecule has 6 heteroatoms. The summed E-state index contributed by atoms with van der Waals surface area (Å²) in [6.07, 6.45) is 0. The number of hydrogen-bond acceptors (Lipinski definition) is 2. The predicted octanol–water partition coefficient (Wildman–Crippen LogP) is 4.13. The van der Waals surface area contributed by atoms with Crippen LogP contribution in [0.15, 0.2) is 42.5 Å². The monoisotopic (exact) mass is 404 g/mol. The Balaban J connectivity index is 1.92. The van der Waals surface area contributed by atoms with Crippen LogP contribution in [0.2, 0.25) is 5.02 Å². The second kappa shape index (κ2) is 6.90. The van der Waals surface area contributed by atoms with Gasteiger partial charge in [0, 0.05) is 20.0 Å². The molecule has 2 N–H and O–H groups in total. The summed E-state index contributed by atoms with van der Waals surface area (Å²) in [6.45, 7) is 0.0914. The van der Waals surface area contributed by atoms with Crippen LogP contribution in [-0.2, 0) is 4.79 Å². The zero-order valence-corrected chi connectivity index (χ0v) is 13.2. The maximum absolute atomic E-state index is 12.9. The van der Waals surface area contributed by atoms with Gasteiger partial charge in [0.2, 0.25) is 5.91 Å². The van der Waals surface area contributed by atoms with Crippen molar-refractivity contribution in [1.82, 2.24) is 0 Å². The van der Waals surface area contributed by atoms with Crippen LogP contribution in [-0.4, -0.2) is 12.5 Å². The van der Waals surface area contributed by atoms with Crippen LogP contribution in [0.4, 0.5) is 15.8 Å². The molecule has 2 aromatic rings. The Kier molecular flexibility index (Phi) is 5.19. The van der Waals surface area contributed by atoms with E-state index in [2.05, 4.69) is 10.6 Å².